The highest BCUT2D eigenvalue weighted by atomic mass is 32.2. The molecule has 2 aliphatic heterocycles. The van der Waals surface area contributed by atoms with Crippen molar-refractivity contribution in [3.8, 4) is 5.75 Å². The van der Waals surface area contributed by atoms with Crippen molar-refractivity contribution in [2.45, 2.75) is 35.4 Å². The van der Waals surface area contributed by atoms with E-state index in [1.54, 1.807) is 13.0 Å². The maximum atomic E-state index is 13.5. The summed E-state index contributed by atoms with van der Waals surface area (Å²) in [6.45, 7) is 7.62. The largest absolute Gasteiger partial charge is 0.479 e. The minimum atomic E-state index is -4.38. The minimum absolute atomic E-state index is 0.301. The van der Waals surface area contributed by atoms with E-state index in [-0.39, 0.29) is 5.97 Å². The van der Waals surface area contributed by atoms with E-state index < -0.39 is 17.8 Å². The first-order valence-electron chi connectivity index (χ1n) is 14.9. The smallest absolute Gasteiger partial charge is 0.416 e. The van der Waals surface area contributed by atoms with Gasteiger partial charge in [-0.1, -0.05) is 23.9 Å². The Bertz CT molecular complexity index is 1600. The first-order valence-corrected chi connectivity index (χ1v) is 15.7. The fraction of sp³-hybridized carbons (Fsp3) is 0.364. The van der Waals surface area contributed by atoms with Gasteiger partial charge in [-0.25, -0.2) is 4.79 Å². The van der Waals surface area contributed by atoms with Gasteiger partial charge >= 0.3 is 12.1 Å². The zero-order chi connectivity index (χ0) is 30.7. The summed E-state index contributed by atoms with van der Waals surface area (Å²) >= 11 is 1.51. The molecule has 1 N–H and O–H groups in total. The van der Waals surface area contributed by atoms with Gasteiger partial charge in [-0.15, -0.1) is 0 Å². The average molecular weight is 625 g/mol. The molecule has 3 heterocycles. The SMILES string of the molecule is CC(Oc1ccc2[nH]ccc2c1)C(=O)OCCN1CCN(CCCN2c3ccccc3Sc3ccc(C(F)(F)F)cc32)CC1. The van der Waals surface area contributed by atoms with Crippen LogP contribution < -0.4 is 9.64 Å². The third-order valence-corrected chi connectivity index (χ3v) is 9.23. The Hall–Kier alpha value is -3.67. The summed E-state index contributed by atoms with van der Waals surface area (Å²) in [4.78, 5) is 24.2. The predicted octanol–water partition coefficient (Wildman–Crippen LogP) is 6.81. The fourth-order valence-electron chi connectivity index (χ4n) is 5.69. The number of alkyl halides is 3. The van der Waals surface area contributed by atoms with Crippen LogP contribution >= 0.6 is 11.8 Å². The van der Waals surface area contributed by atoms with Crippen molar-refractivity contribution >= 4 is 40.0 Å². The van der Waals surface area contributed by atoms with Crippen LogP contribution in [0.2, 0.25) is 0 Å². The molecule has 0 spiro atoms. The van der Waals surface area contributed by atoms with Crippen LogP contribution in [0, 0.1) is 0 Å². The molecule has 0 aliphatic carbocycles. The molecule has 1 fully saturated rings. The molecule has 44 heavy (non-hydrogen) atoms. The molecule has 11 heteroatoms. The number of nitrogens with zero attached hydrogens (tertiary/aromatic N) is 3. The number of aromatic nitrogens is 1. The molecule has 1 atom stereocenters. The standard InChI is InChI=1S/C33H35F3N4O3S/c1-23(43-26-8-9-27-24(21-26)11-12-37-27)32(41)42-20-19-39-17-15-38(16-18-39)13-4-14-40-28-5-2-3-6-30(28)44-31-10-7-25(22-29(31)40)33(34,35)36/h2-3,5-12,21-23,37H,4,13-20H2,1H3. The lowest BCUT2D eigenvalue weighted by atomic mass is 10.1. The number of piperazine rings is 1. The number of hydrogen-bond donors (Lipinski definition) is 1. The molecule has 0 saturated carbocycles. The van der Waals surface area contributed by atoms with Gasteiger partial charge in [0, 0.05) is 66.2 Å². The highest BCUT2D eigenvalue weighted by Gasteiger charge is 2.33. The number of carbonyl (C=O) groups excluding carboxylic acids is 1. The highest BCUT2D eigenvalue weighted by molar-refractivity contribution is 7.99. The van der Waals surface area contributed by atoms with Crippen molar-refractivity contribution in [2.24, 2.45) is 0 Å². The first kappa shape index (κ1) is 30.4. The van der Waals surface area contributed by atoms with Crippen LogP contribution in [0.15, 0.2) is 82.7 Å². The Kier molecular flexibility index (Phi) is 9.06. The Morgan fingerprint density at radius 3 is 2.45 bits per heavy atom. The van der Waals surface area contributed by atoms with Gasteiger partial charge in [0.1, 0.15) is 12.4 Å². The Morgan fingerprint density at radius 2 is 1.66 bits per heavy atom. The monoisotopic (exact) mass is 624 g/mol. The summed E-state index contributed by atoms with van der Waals surface area (Å²) < 4.78 is 51.8. The van der Waals surface area contributed by atoms with Gasteiger partial charge in [0.25, 0.3) is 0 Å². The van der Waals surface area contributed by atoms with Crippen molar-refractivity contribution in [3.63, 3.8) is 0 Å². The zero-order valence-corrected chi connectivity index (χ0v) is 25.3. The van der Waals surface area contributed by atoms with Gasteiger partial charge in [0.05, 0.1) is 16.9 Å². The summed E-state index contributed by atoms with van der Waals surface area (Å²) in [5.41, 5.74) is 1.95. The molecule has 4 aromatic rings. The number of para-hydroxylation sites is 1. The number of carbonyl (C=O) groups is 1. The number of halogens is 3. The van der Waals surface area contributed by atoms with E-state index in [4.69, 9.17) is 9.47 Å². The van der Waals surface area contributed by atoms with E-state index in [1.807, 2.05) is 59.6 Å². The Morgan fingerprint density at radius 1 is 0.909 bits per heavy atom. The zero-order valence-electron chi connectivity index (χ0n) is 24.5. The molecule has 6 rings (SSSR count). The topological polar surface area (TPSA) is 61.0 Å². The van der Waals surface area contributed by atoms with Crippen molar-refractivity contribution in [2.75, 3.05) is 57.3 Å². The maximum Gasteiger partial charge on any atom is 0.416 e. The van der Waals surface area contributed by atoms with Crippen molar-refractivity contribution < 1.29 is 27.4 Å². The number of esters is 1. The fourth-order valence-corrected chi connectivity index (χ4v) is 6.76. The molecular formula is C33H35F3N4O3S. The third kappa shape index (κ3) is 7.00. The molecule has 3 aromatic carbocycles. The van der Waals surface area contributed by atoms with Crippen LogP contribution in [0.1, 0.15) is 18.9 Å². The molecule has 232 valence electrons. The molecule has 1 saturated heterocycles. The summed E-state index contributed by atoms with van der Waals surface area (Å²) in [6, 6.07) is 19.5. The number of anilines is 2. The number of benzene rings is 3. The minimum Gasteiger partial charge on any atom is -0.479 e. The lowest BCUT2D eigenvalue weighted by Gasteiger charge is -2.36. The van der Waals surface area contributed by atoms with E-state index in [1.165, 1.54) is 17.8 Å². The van der Waals surface area contributed by atoms with E-state index in [2.05, 4.69) is 14.8 Å². The van der Waals surface area contributed by atoms with Crippen LogP contribution in [0.5, 0.6) is 5.75 Å². The second-order valence-corrected chi connectivity index (χ2v) is 12.2. The van der Waals surface area contributed by atoms with E-state index in [9.17, 15) is 18.0 Å². The average Bonchev–Trinajstić information content (AvgIpc) is 3.49. The van der Waals surface area contributed by atoms with E-state index >= 15 is 0 Å². The number of ether oxygens (including phenoxy) is 2. The summed E-state index contributed by atoms with van der Waals surface area (Å²) in [6.07, 6.45) is -2.41. The molecule has 2 aliphatic rings. The summed E-state index contributed by atoms with van der Waals surface area (Å²) in [5.74, 6) is 0.232. The normalized spacial score (nSPS) is 16.4. The second kappa shape index (κ2) is 13.1. The molecule has 1 aromatic heterocycles. The van der Waals surface area contributed by atoms with Gasteiger partial charge in [-0.3, -0.25) is 4.90 Å². The summed E-state index contributed by atoms with van der Waals surface area (Å²) in [7, 11) is 0. The number of nitrogens with one attached hydrogen (secondary N) is 1. The Labute approximate surface area is 258 Å². The van der Waals surface area contributed by atoms with E-state index in [0.717, 1.165) is 71.6 Å². The lowest BCUT2D eigenvalue weighted by molar-refractivity contribution is -0.151. The van der Waals surface area contributed by atoms with Crippen molar-refractivity contribution in [1.82, 2.24) is 14.8 Å². The number of H-pyrrole nitrogens is 1. The third-order valence-electron chi connectivity index (χ3n) is 8.10. The highest BCUT2D eigenvalue weighted by Crippen LogP contribution is 2.49. The molecule has 0 bridgehead atoms. The van der Waals surface area contributed by atoms with Gasteiger partial charge in [-0.2, -0.15) is 13.2 Å². The molecule has 0 amide bonds. The molecule has 0 radical (unpaired) electrons. The van der Waals surface area contributed by atoms with Crippen LogP contribution in [-0.2, 0) is 15.7 Å². The predicted molar refractivity (Wildman–Crippen MR) is 166 cm³/mol. The molecule has 1 unspecified atom stereocenters. The van der Waals surface area contributed by atoms with Gasteiger partial charge < -0.3 is 24.3 Å². The summed E-state index contributed by atoms with van der Waals surface area (Å²) in [5, 5.41) is 1.02. The van der Waals surface area contributed by atoms with Gasteiger partial charge in [0.15, 0.2) is 6.10 Å². The maximum absolute atomic E-state index is 13.5. The van der Waals surface area contributed by atoms with Gasteiger partial charge in [0.2, 0.25) is 0 Å². The quantitative estimate of drug-likeness (QED) is 0.195. The molecular weight excluding hydrogens is 589 g/mol. The number of hydrogen-bond acceptors (Lipinski definition) is 7. The Balaban J connectivity index is 0.942. The number of fused-ring (bicyclic) bond motifs is 3. The van der Waals surface area contributed by atoms with Crippen molar-refractivity contribution in [3.05, 3.63) is 78.5 Å². The lowest BCUT2D eigenvalue weighted by Crippen LogP contribution is -2.48. The number of aromatic amines is 1. The van der Waals surface area contributed by atoms with Crippen LogP contribution in [0.25, 0.3) is 10.9 Å². The van der Waals surface area contributed by atoms with Gasteiger partial charge in [-0.05, 0) is 74.5 Å². The first-order chi connectivity index (χ1) is 21.2. The number of rotatable bonds is 10. The molecule has 7 nitrogen and oxygen atoms in total. The van der Waals surface area contributed by atoms with Crippen LogP contribution in [-0.4, -0.2) is 79.3 Å². The van der Waals surface area contributed by atoms with E-state index in [0.29, 0.717) is 31.1 Å². The van der Waals surface area contributed by atoms with Crippen molar-refractivity contribution in [1.29, 1.82) is 0 Å². The second-order valence-electron chi connectivity index (χ2n) is 11.1. The van der Waals surface area contributed by atoms with Crippen LogP contribution in [0.4, 0.5) is 24.5 Å². The van der Waals surface area contributed by atoms with Crippen LogP contribution in [0.3, 0.4) is 0 Å².